The number of carbonyl (C=O) groups is 1. The quantitative estimate of drug-likeness (QED) is 0.682. The van der Waals surface area contributed by atoms with E-state index in [0.29, 0.717) is 6.42 Å². The van der Waals surface area contributed by atoms with E-state index in [0.717, 1.165) is 32.2 Å². The van der Waals surface area contributed by atoms with E-state index < -0.39 is 6.10 Å². The van der Waals surface area contributed by atoms with Gasteiger partial charge < -0.3 is 15.1 Å². The molecule has 14 heavy (non-hydrogen) atoms. The first-order valence-electron chi connectivity index (χ1n) is 5.30. The summed E-state index contributed by atoms with van der Waals surface area (Å²) in [5.41, 5.74) is 0. The molecule has 4 nitrogen and oxygen atoms in total. The van der Waals surface area contributed by atoms with Gasteiger partial charge >= 0.3 is 0 Å². The van der Waals surface area contributed by atoms with Gasteiger partial charge in [-0.05, 0) is 12.8 Å². The average molecular weight is 201 g/mol. The molecule has 0 radical (unpaired) electrons. The molecule has 0 aromatic carbocycles. The van der Waals surface area contributed by atoms with Crippen LogP contribution in [-0.2, 0) is 4.79 Å². The molecule has 0 aliphatic carbocycles. The lowest BCUT2D eigenvalue weighted by molar-refractivity contribution is -0.133. The van der Waals surface area contributed by atoms with E-state index >= 15 is 0 Å². The Bertz CT molecular complexity index is 184. The number of likely N-dealkylation sites (tertiary alicyclic amines) is 1. The summed E-state index contributed by atoms with van der Waals surface area (Å²) < 4.78 is 0. The first-order chi connectivity index (χ1) is 6.74. The second-order valence-electron chi connectivity index (χ2n) is 3.84. The zero-order chi connectivity index (χ0) is 10.4. The zero-order valence-corrected chi connectivity index (χ0v) is 8.48. The zero-order valence-electron chi connectivity index (χ0n) is 8.48. The first kappa shape index (κ1) is 11.5. The molecule has 0 bridgehead atoms. The summed E-state index contributed by atoms with van der Waals surface area (Å²) in [6.45, 7) is 0.717. The number of rotatable bonds is 3. The second kappa shape index (κ2) is 5.98. The van der Waals surface area contributed by atoms with Crippen molar-refractivity contribution in [3.8, 4) is 0 Å². The maximum absolute atomic E-state index is 11.6. The topological polar surface area (TPSA) is 60.8 Å². The van der Waals surface area contributed by atoms with Crippen molar-refractivity contribution in [3.63, 3.8) is 0 Å². The molecule has 0 aromatic rings. The predicted molar refractivity (Wildman–Crippen MR) is 52.8 cm³/mol. The smallest absolute Gasteiger partial charge is 0.222 e. The molecular weight excluding hydrogens is 182 g/mol. The van der Waals surface area contributed by atoms with E-state index in [2.05, 4.69) is 0 Å². The maximum Gasteiger partial charge on any atom is 0.222 e. The Labute approximate surface area is 84.5 Å². The minimum Gasteiger partial charge on any atom is -0.394 e. The van der Waals surface area contributed by atoms with Crippen LogP contribution in [0.25, 0.3) is 0 Å². The molecule has 1 aliphatic rings. The molecule has 0 aromatic heterocycles. The van der Waals surface area contributed by atoms with Crippen LogP contribution >= 0.6 is 0 Å². The summed E-state index contributed by atoms with van der Waals surface area (Å²) in [5, 5.41) is 17.9. The molecule has 1 rings (SSSR count). The number of hydrogen-bond donors (Lipinski definition) is 2. The summed E-state index contributed by atoms with van der Waals surface area (Å²) in [6.07, 6.45) is 4.02. The number of aliphatic hydroxyl groups is 2. The van der Waals surface area contributed by atoms with Crippen LogP contribution < -0.4 is 0 Å². The van der Waals surface area contributed by atoms with Crippen LogP contribution in [0.4, 0.5) is 0 Å². The summed E-state index contributed by atoms with van der Waals surface area (Å²) in [5.74, 6) is 0.109. The highest BCUT2D eigenvalue weighted by atomic mass is 16.3. The first-order valence-corrected chi connectivity index (χ1v) is 5.30. The fourth-order valence-corrected chi connectivity index (χ4v) is 1.72. The molecule has 1 unspecified atom stereocenters. The van der Waals surface area contributed by atoms with Gasteiger partial charge in [-0.15, -0.1) is 0 Å². The Hall–Kier alpha value is -0.610. The van der Waals surface area contributed by atoms with Crippen molar-refractivity contribution in [2.75, 3.05) is 19.7 Å². The van der Waals surface area contributed by atoms with Crippen molar-refractivity contribution in [1.29, 1.82) is 0 Å². The van der Waals surface area contributed by atoms with E-state index in [-0.39, 0.29) is 19.1 Å². The van der Waals surface area contributed by atoms with Gasteiger partial charge in [-0.3, -0.25) is 4.79 Å². The summed E-state index contributed by atoms with van der Waals surface area (Å²) in [7, 11) is 0. The van der Waals surface area contributed by atoms with Gasteiger partial charge in [0, 0.05) is 19.5 Å². The number of amides is 1. The lowest BCUT2D eigenvalue weighted by Crippen LogP contribution is -2.39. The van der Waals surface area contributed by atoms with Crippen molar-refractivity contribution in [3.05, 3.63) is 0 Å². The Morgan fingerprint density at radius 3 is 2.71 bits per heavy atom. The molecule has 0 saturated carbocycles. The van der Waals surface area contributed by atoms with Crippen LogP contribution in [0.1, 0.15) is 32.1 Å². The van der Waals surface area contributed by atoms with Gasteiger partial charge in [0.15, 0.2) is 0 Å². The van der Waals surface area contributed by atoms with E-state index in [1.165, 1.54) is 0 Å². The molecule has 0 spiro atoms. The molecule has 1 saturated heterocycles. The van der Waals surface area contributed by atoms with Crippen LogP contribution in [0.15, 0.2) is 0 Å². The maximum atomic E-state index is 11.6. The molecule has 4 heteroatoms. The standard InChI is InChI=1S/C10H19NO3/c12-8-9(13)7-11-6-4-2-1-3-5-10(11)14/h9,12-13H,1-8H2. The number of aliphatic hydroxyl groups excluding tert-OH is 2. The third kappa shape index (κ3) is 3.64. The lowest BCUT2D eigenvalue weighted by atomic mass is 10.1. The number of β-amino-alcohol motifs (C(OH)–C–C–N with tert-alkyl or cyclic N) is 1. The van der Waals surface area contributed by atoms with Crippen molar-refractivity contribution in [2.45, 2.75) is 38.2 Å². The number of hydrogen-bond acceptors (Lipinski definition) is 3. The molecule has 2 N–H and O–H groups in total. The van der Waals surface area contributed by atoms with Crippen LogP contribution in [0.5, 0.6) is 0 Å². The minimum atomic E-state index is -0.793. The lowest BCUT2D eigenvalue weighted by Gasteiger charge is -2.26. The van der Waals surface area contributed by atoms with E-state index in [1.807, 2.05) is 0 Å². The second-order valence-corrected chi connectivity index (χ2v) is 3.84. The van der Waals surface area contributed by atoms with E-state index in [4.69, 9.17) is 5.11 Å². The molecule has 1 aliphatic heterocycles. The van der Waals surface area contributed by atoms with Gasteiger partial charge in [0.05, 0.1) is 12.7 Å². The fourth-order valence-electron chi connectivity index (χ4n) is 1.72. The van der Waals surface area contributed by atoms with Gasteiger partial charge in [-0.2, -0.15) is 0 Å². The minimum absolute atomic E-state index is 0.109. The molecular formula is C10H19NO3. The molecule has 1 atom stereocenters. The highest BCUT2D eigenvalue weighted by Gasteiger charge is 2.17. The van der Waals surface area contributed by atoms with Crippen LogP contribution in [0.2, 0.25) is 0 Å². The van der Waals surface area contributed by atoms with Crippen LogP contribution in [-0.4, -0.2) is 46.8 Å². The SMILES string of the molecule is O=C1CCCCCCN1CC(O)CO. The van der Waals surface area contributed by atoms with Gasteiger partial charge in [0.25, 0.3) is 0 Å². The summed E-state index contributed by atoms with van der Waals surface area (Å²) >= 11 is 0. The third-order valence-corrected chi connectivity index (χ3v) is 2.56. The monoisotopic (exact) mass is 201 g/mol. The van der Waals surface area contributed by atoms with Crippen LogP contribution in [0.3, 0.4) is 0 Å². The van der Waals surface area contributed by atoms with E-state index in [9.17, 15) is 9.90 Å². The highest BCUT2D eigenvalue weighted by molar-refractivity contribution is 5.76. The molecule has 82 valence electrons. The third-order valence-electron chi connectivity index (χ3n) is 2.56. The van der Waals surface area contributed by atoms with Crippen molar-refractivity contribution < 1.29 is 15.0 Å². The highest BCUT2D eigenvalue weighted by Crippen LogP contribution is 2.11. The van der Waals surface area contributed by atoms with E-state index in [1.54, 1.807) is 4.90 Å². The van der Waals surface area contributed by atoms with Crippen LogP contribution in [0, 0.1) is 0 Å². The van der Waals surface area contributed by atoms with Gasteiger partial charge in [0.1, 0.15) is 0 Å². The van der Waals surface area contributed by atoms with Gasteiger partial charge in [-0.1, -0.05) is 12.8 Å². The predicted octanol–water partition coefficient (Wildman–Crippen LogP) is 0.132. The van der Waals surface area contributed by atoms with Gasteiger partial charge in [-0.25, -0.2) is 0 Å². The Kier molecular flexibility index (Phi) is 4.90. The average Bonchev–Trinajstić information content (AvgIpc) is 2.17. The summed E-state index contributed by atoms with van der Waals surface area (Å²) in [6, 6.07) is 0. The molecule has 1 amide bonds. The van der Waals surface area contributed by atoms with Crippen molar-refractivity contribution in [2.24, 2.45) is 0 Å². The Morgan fingerprint density at radius 1 is 1.29 bits per heavy atom. The number of nitrogens with zero attached hydrogens (tertiary/aromatic N) is 1. The number of carbonyl (C=O) groups excluding carboxylic acids is 1. The fraction of sp³-hybridized carbons (Fsp3) is 0.900. The largest absolute Gasteiger partial charge is 0.394 e. The summed E-state index contributed by atoms with van der Waals surface area (Å²) in [4.78, 5) is 13.2. The van der Waals surface area contributed by atoms with Crippen molar-refractivity contribution >= 4 is 5.91 Å². The van der Waals surface area contributed by atoms with Gasteiger partial charge in [0.2, 0.25) is 5.91 Å². The Morgan fingerprint density at radius 2 is 2.00 bits per heavy atom. The molecule has 1 heterocycles. The Balaban J connectivity index is 2.41. The van der Waals surface area contributed by atoms with Crippen molar-refractivity contribution in [1.82, 2.24) is 4.90 Å². The normalized spacial score (nSPS) is 21.6. The molecule has 1 fully saturated rings.